The Morgan fingerprint density at radius 1 is 1.19 bits per heavy atom. The molecule has 2 aromatic rings. The van der Waals surface area contributed by atoms with Crippen molar-refractivity contribution in [1.82, 2.24) is 0 Å². The summed E-state index contributed by atoms with van der Waals surface area (Å²) in [6.45, 7) is 3.62. The van der Waals surface area contributed by atoms with Crippen molar-refractivity contribution in [2.45, 2.75) is 19.9 Å². The first-order valence-electron chi connectivity index (χ1n) is 8.02. The molecule has 0 aliphatic carbocycles. The predicted molar refractivity (Wildman–Crippen MR) is 99.4 cm³/mol. The van der Waals surface area contributed by atoms with Gasteiger partial charge in [-0.25, -0.2) is 12.8 Å². The largest absolute Gasteiger partial charge is 0.492 e. The monoisotopic (exact) mass is 380 g/mol. The Kier molecular flexibility index (Phi) is 6.20. The summed E-state index contributed by atoms with van der Waals surface area (Å²) >= 11 is 0. The lowest BCUT2D eigenvalue weighted by Crippen LogP contribution is -2.45. The number of hydrogen-bond acceptors (Lipinski definition) is 4. The van der Waals surface area contributed by atoms with Gasteiger partial charge in [0.25, 0.3) is 0 Å². The van der Waals surface area contributed by atoms with Crippen molar-refractivity contribution < 1.29 is 22.3 Å². The summed E-state index contributed by atoms with van der Waals surface area (Å²) in [5.74, 6) is -0.870. The van der Waals surface area contributed by atoms with Crippen LogP contribution < -0.4 is 14.4 Å². The Morgan fingerprint density at radius 3 is 2.42 bits per heavy atom. The van der Waals surface area contributed by atoms with Crippen LogP contribution in [0.25, 0.3) is 0 Å². The molecule has 1 unspecified atom stereocenters. The number of carbonyl (C=O) groups excluding carboxylic acids is 1. The molecule has 0 heterocycles. The first-order valence-corrected chi connectivity index (χ1v) is 9.87. The molecule has 0 radical (unpaired) electrons. The summed E-state index contributed by atoms with van der Waals surface area (Å²) < 4.78 is 44.7. The number of para-hydroxylation sites is 3. The normalized spacial score (nSPS) is 12.3. The molecule has 2 rings (SSSR count). The third-order valence-electron chi connectivity index (χ3n) is 3.62. The van der Waals surface area contributed by atoms with Gasteiger partial charge < -0.3 is 10.1 Å². The molecule has 0 spiro atoms. The zero-order valence-corrected chi connectivity index (χ0v) is 15.6. The van der Waals surface area contributed by atoms with Crippen LogP contribution in [0.4, 0.5) is 15.8 Å². The maximum atomic E-state index is 14.1. The van der Waals surface area contributed by atoms with Gasteiger partial charge in [0.05, 0.1) is 24.2 Å². The van der Waals surface area contributed by atoms with E-state index in [4.69, 9.17) is 4.74 Å². The highest BCUT2D eigenvalue weighted by atomic mass is 32.2. The topological polar surface area (TPSA) is 75.7 Å². The molecule has 1 N–H and O–H groups in total. The molecule has 0 aliphatic heterocycles. The number of rotatable bonds is 7. The molecule has 0 aromatic heterocycles. The number of nitrogens with one attached hydrogen (secondary N) is 1. The molecule has 26 heavy (non-hydrogen) atoms. The number of carbonyl (C=O) groups is 1. The van der Waals surface area contributed by atoms with E-state index >= 15 is 0 Å². The first-order chi connectivity index (χ1) is 12.3. The quantitative estimate of drug-likeness (QED) is 0.801. The van der Waals surface area contributed by atoms with E-state index in [1.165, 1.54) is 25.1 Å². The van der Waals surface area contributed by atoms with Crippen molar-refractivity contribution in [2.24, 2.45) is 0 Å². The minimum atomic E-state index is -3.90. The second-order valence-electron chi connectivity index (χ2n) is 5.60. The van der Waals surface area contributed by atoms with Gasteiger partial charge in [-0.2, -0.15) is 0 Å². The Balaban J connectivity index is 2.34. The number of amides is 1. The maximum absolute atomic E-state index is 14.1. The molecule has 0 saturated carbocycles. The molecular weight excluding hydrogens is 359 g/mol. The van der Waals surface area contributed by atoms with Gasteiger partial charge >= 0.3 is 0 Å². The van der Waals surface area contributed by atoms with E-state index in [2.05, 4.69) is 5.32 Å². The van der Waals surface area contributed by atoms with Crippen LogP contribution in [-0.2, 0) is 14.8 Å². The summed E-state index contributed by atoms with van der Waals surface area (Å²) in [6, 6.07) is 11.0. The third-order valence-corrected chi connectivity index (χ3v) is 4.85. The number of sulfonamides is 1. The zero-order chi connectivity index (χ0) is 19.3. The Hall–Kier alpha value is -2.61. The van der Waals surface area contributed by atoms with E-state index in [0.717, 1.165) is 16.6 Å². The fourth-order valence-electron chi connectivity index (χ4n) is 2.50. The van der Waals surface area contributed by atoms with Crippen LogP contribution in [0, 0.1) is 5.82 Å². The fraction of sp³-hybridized carbons (Fsp3) is 0.278. The highest BCUT2D eigenvalue weighted by Crippen LogP contribution is 2.27. The molecule has 1 atom stereocenters. The van der Waals surface area contributed by atoms with Crippen LogP contribution in [0.1, 0.15) is 13.8 Å². The number of hydrogen-bond donors (Lipinski definition) is 1. The lowest BCUT2D eigenvalue weighted by atomic mass is 10.2. The van der Waals surface area contributed by atoms with Crippen molar-refractivity contribution in [3.05, 3.63) is 54.3 Å². The zero-order valence-electron chi connectivity index (χ0n) is 14.8. The Morgan fingerprint density at radius 2 is 1.81 bits per heavy atom. The van der Waals surface area contributed by atoms with E-state index in [-0.39, 0.29) is 5.69 Å². The van der Waals surface area contributed by atoms with E-state index in [1.54, 1.807) is 24.3 Å². The average molecular weight is 380 g/mol. The molecule has 140 valence electrons. The molecular formula is C18H21FN2O4S. The van der Waals surface area contributed by atoms with Crippen LogP contribution in [-0.4, -0.2) is 33.2 Å². The van der Waals surface area contributed by atoms with Gasteiger partial charge in [-0.15, -0.1) is 0 Å². The SMILES string of the molecule is CCOc1ccccc1NC(=O)C(C)N(c1ccccc1F)S(C)(=O)=O. The van der Waals surface area contributed by atoms with Gasteiger partial charge in [0.15, 0.2) is 0 Å². The number of benzene rings is 2. The number of ether oxygens (including phenoxy) is 1. The maximum Gasteiger partial charge on any atom is 0.248 e. The van der Waals surface area contributed by atoms with Crippen LogP contribution in [0.2, 0.25) is 0 Å². The average Bonchev–Trinajstić information content (AvgIpc) is 2.57. The van der Waals surface area contributed by atoms with Gasteiger partial charge in [0.1, 0.15) is 17.6 Å². The first kappa shape index (κ1) is 19.7. The molecule has 0 saturated heterocycles. The summed E-state index contributed by atoms with van der Waals surface area (Å²) in [7, 11) is -3.90. The minimum Gasteiger partial charge on any atom is -0.492 e. The molecule has 8 heteroatoms. The summed E-state index contributed by atoms with van der Waals surface area (Å²) in [5.41, 5.74) is 0.226. The van der Waals surface area contributed by atoms with E-state index in [9.17, 15) is 17.6 Å². The van der Waals surface area contributed by atoms with Crippen molar-refractivity contribution in [1.29, 1.82) is 0 Å². The molecule has 0 aliphatic rings. The number of nitrogens with zero attached hydrogens (tertiary/aromatic N) is 1. The highest BCUT2D eigenvalue weighted by molar-refractivity contribution is 7.92. The van der Waals surface area contributed by atoms with Gasteiger partial charge in [0.2, 0.25) is 15.9 Å². The van der Waals surface area contributed by atoms with Crippen molar-refractivity contribution in [3.8, 4) is 5.75 Å². The van der Waals surface area contributed by atoms with Crippen LogP contribution in [0.15, 0.2) is 48.5 Å². The van der Waals surface area contributed by atoms with E-state index in [0.29, 0.717) is 18.0 Å². The lowest BCUT2D eigenvalue weighted by molar-refractivity contribution is -0.116. The van der Waals surface area contributed by atoms with Crippen molar-refractivity contribution in [2.75, 3.05) is 22.5 Å². The number of anilines is 2. The predicted octanol–water partition coefficient (Wildman–Crippen LogP) is 3.02. The molecule has 6 nitrogen and oxygen atoms in total. The molecule has 0 fully saturated rings. The lowest BCUT2D eigenvalue weighted by Gasteiger charge is -2.28. The van der Waals surface area contributed by atoms with Crippen molar-refractivity contribution in [3.63, 3.8) is 0 Å². The molecule has 2 aromatic carbocycles. The summed E-state index contributed by atoms with van der Waals surface area (Å²) in [5, 5.41) is 2.64. The summed E-state index contributed by atoms with van der Waals surface area (Å²) in [6.07, 6.45) is 0.928. The standard InChI is InChI=1S/C18H21FN2O4S/c1-4-25-17-12-8-6-10-15(17)20-18(22)13(2)21(26(3,23)24)16-11-7-5-9-14(16)19/h5-13H,4H2,1-3H3,(H,20,22). The second-order valence-corrected chi connectivity index (χ2v) is 7.46. The number of halogens is 1. The second kappa shape index (κ2) is 8.18. The fourth-order valence-corrected chi connectivity index (χ4v) is 3.68. The van der Waals surface area contributed by atoms with Crippen LogP contribution in [0.3, 0.4) is 0 Å². The Bertz CT molecular complexity index is 886. The van der Waals surface area contributed by atoms with E-state index in [1.807, 2.05) is 6.92 Å². The molecule has 1 amide bonds. The minimum absolute atomic E-state index is 0.184. The van der Waals surface area contributed by atoms with Gasteiger partial charge in [-0.3, -0.25) is 9.10 Å². The highest BCUT2D eigenvalue weighted by Gasteiger charge is 2.31. The van der Waals surface area contributed by atoms with Crippen molar-refractivity contribution >= 4 is 27.3 Å². The van der Waals surface area contributed by atoms with E-state index < -0.39 is 27.8 Å². The van der Waals surface area contributed by atoms with Crippen LogP contribution in [0.5, 0.6) is 5.75 Å². The third kappa shape index (κ3) is 4.51. The summed E-state index contributed by atoms with van der Waals surface area (Å²) in [4.78, 5) is 12.6. The molecule has 0 bridgehead atoms. The Labute approximate surface area is 152 Å². The smallest absolute Gasteiger partial charge is 0.248 e. The van der Waals surface area contributed by atoms with Gasteiger partial charge in [0, 0.05) is 0 Å². The van der Waals surface area contributed by atoms with Gasteiger partial charge in [-0.1, -0.05) is 24.3 Å². The van der Waals surface area contributed by atoms with Crippen LogP contribution >= 0.6 is 0 Å². The van der Waals surface area contributed by atoms with Gasteiger partial charge in [-0.05, 0) is 38.1 Å².